The second-order valence-corrected chi connectivity index (χ2v) is 3.25. The number of rotatable bonds is 7. The third-order valence-corrected chi connectivity index (χ3v) is 1.40. The first-order chi connectivity index (χ1) is 7.97. The first kappa shape index (κ1) is 15.2. The Morgan fingerprint density at radius 2 is 2.24 bits per heavy atom. The predicted octanol–water partition coefficient (Wildman–Crippen LogP) is 0.239. The highest BCUT2D eigenvalue weighted by Crippen LogP contribution is 1.93. The zero-order valence-corrected chi connectivity index (χ0v) is 10.0. The summed E-state index contributed by atoms with van der Waals surface area (Å²) in [5.74, 6) is 0. The van der Waals surface area contributed by atoms with Crippen LogP contribution in [0.2, 0.25) is 0 Å². The van der Waals surface area contributed by atoms with Gasteiger partial charge in [-0.3, -0.25) is 0 Å². The lowest BCUT2D eigenvalue weighted by molar-refractivity contribution is -0.706. The monoisotopic (exact) mass is 251 g/mol. The fraction of sp³-hybridized carbons (Fsp3) is 0.875. The molecule has 0 spiro atoms. The molecular formula is C8H17N3O6. The molecule has 0 amide bonds. The van der Waals surface area contributed by atoms with Crippen LogP contribution in [0.3, 0.4) is 0 Å². The number of aliphatic hydroxyl groups is 1. The number of carbonyl (C=O) groups excluding carboxylic acids is 1. The summed E-state index contributed by atoms with van der Waals surface area (Å²) in [6.45, 7) is 2.71. The zero-order valence-electron chi connectivity index (χ0n) is 10.0. The summed E-state index contributed by atoms with van der Waals surface area (Å²) >= 11 is 0. The van der Waals surface area contributed by atoms with Gasteiger partial charge in [0.15, 0.2) is 0 Å². The van der Waals surface area contributed by atoms with Crippen LogP contribution in [0.5, 0.6) is 0 Å². The van der Waals surface area contributed by atoms with Gasteiger partial charge in [0.1, 0.15) is 0 Å². The first-order valence-corrected chi connectivity index (χ1v) is 4.92. The minimum Gasteiger partial charge on any atom is -0.569 e. The van der Waals surface area contributed by atoms with Crippen LogP contribution in [0, 0.1) is 5.21 Å². The summed E-state index contributed by atoms with van der Waals surface area (Å²) in [6.07, 6.45) is -1.21. The van der Waals surface area contributed by atoms with Gasteiger partial charge in [0.05, 0.1) is 31.3 Å². The molecule has 9 heteroatoms. The minimum atomic E-state index is -0.906. The number of aliphatic hydroxyl groups excluding tert-OH is 1. The van der Waals surface area contributed by atoms with Gasteiger partial charge in [0.2, 0.25) is 5.28 Å². The third kappa shape index (κ3) is 8.08. The van der Waals surface area contributed by atoms with E-state index in [9.17, 15) is 10.0 Å². The molecule has 0 aromatic heterocycles. The third-order valence-electron chi connectivity index (χ3n) is 1.40. The molecule has 0 aromatic carbocycles. The van der Waals surface area contributed by atoms with Crippen LogP contribution >= 0.6 is 0 Å². The second kappa shape index (κ2) is 8.39. The van der Waals surface area contributed by atoms with Crippen LogP contribution in [-0.2, 0) is 14.3 Å². The van der Waals surface area contributed by atoms with Gasteiger partial charge in [-0.25, -0.2) is 4.79 Å². The lowest BCUT2D eigenvalue weighted by Gasteiger charge is -2.10. The molecule has 0 saturated heterocycles. The normalized spacial score (nSPS) is 11.2. The largest absolute Gasteiger partial charge is 0.569 e. The van der Waals surface area contributed by atoms with Crippen molar-refractivity contribution in [3.05, 3.63) is 5.21 Å². The number of nitrogens with zero attached hydrogens (tertiary/aromatic N) is 3. The van der Waals surface area contributed by atoms with Gasteiger partial charge in [0.25, 0.3) is 6.79 Å². The van der Waals surface area contributed by atoms with Crippen molar-refractivity contribution < 1.29 is 29.2 Å². The van der Waals surface area contributed by atoms with Crippen molar-refractivity contribution in [1.82, 2.24) is 5.01 Å². The van der Waals surface area contributed by atoms with Crippen LogP contribution in [0.1, 0.15) is 13.8 Å². The van der Waals surface area contributed by atoms with Crippen LogP contribution in [0.4, 0.5) is 4.79 Å². The molecule has 0 unspecified atom stereocenters. The molecule has 9 nitrogen and oxygen atoms in total. The predicted molar refractivity (Wildman–Crippen MR) is 54.4 cm³/mol. The molecule has 0 heterocycles. The van der Waals surface area contributed by atoms with Gasteiger partial charge in [-0.1, -0.05) is 0 Å². The van der Waals surface area contributed by atoms with Gasteiger partial charge in [-0.05, 0) is 13.8 Å². The smallest absolute Gasteiger partial charge is 0.511 e. The Bertz CT molecular complexity index is 258. The number of carbonyl (C=O) groups is 1. The lowest BCUT2D eigenvalue weighted by atomic mass is 10.5. The Kier molecular flexibility index (Phi) is 7.52. The number of ether oxygens (including phenoxy) is 2. The topological polar surface area (TPSA) is 107 Å². The molecule has 0 aromatic rings. The molecule has 0 aliphatic rings. The van der Waals surface area contributed by atoms with E-state index in [4.69, 9.17) is 5.11 Å². The average molecular weight is 251 g/mol. The SMILES string of the molecule is CC(C)OC(=O)OCO/N=[N+](\[O-])N(C)CCO. The molecule has 0 radical (unpaired) electrons. The quantitative estimate of drug-likeness (QED) is 0.172. The van der Waals surface area contributed by atoms with E-state index in [1.807, 2.05) is 0 Å². The van der Waals surface area contributed by atoms with Gasteiger partial charge in [0, 0.05) is 0 Å². The van der Waals surface area contributed by atoms with Crippen molar-refractivity contribution in [2.24, 2.45) is 5.28 Å². The number of likely N-dealkylation sites (N-methyl/N-ethyl adjacent to an activating group) is 1. The van der Waals surface area contributed by atoms with Crippen LogP contribution < -0.4 is 0 Å². The van der Waals surface area contributed by atoms with Gasteiger partial charge < -0.3 is 24.6 Å². The lowest BCUT2D eigenvalue weighted by Crippen LogP contribution is -2.29. The van der Waals surface area contributed by atoms with Crippen molar-refractivity contribution in [3.63, 3.8) is 0 Å². The number of hydrogen-bond donors (Lipinski definition) is 1. The Balaban J connectivity index is 3.75. The highest BCUT2D eigenvalue weighted by molar-refractivity contribution is 5.59. The average Bonchev–Trinajstić information content (AvgIpc) is 2.23. The van der Waals surface area contributed by atoms with Crippen LogP contribution in [0.25, 0.3) is 0 Å². The molecule has 0 saturated carbocycles. The van der Waals surface area contributed by atoms with E-state index in [0.29, 0.717) is 0 Å². The van der Waals surface area contributed by atoms with Crippen molar-refractivity contribution in [3.8, 4) is 0 Å². The summed E-state index contributed by atoms with van der Waals surface area (Å²) < 4.78 is 9.06. The zero-order chi connectivity index (χ0) is 13.3. The van der Waals surface area contributed by atoms with Crippen LogP contribution in [0.15, 0.2) is 5.28 Å². The highest BCUT2D eigenvalue weighted by atomic mass is 16.8. The van der Waals surface area contributed by atoms with E-state index in [0.717, 1.165) is 5.01 Å². The van der Waals surface area contributed by atoms with Crippen molar-refractivity contribution in [1.29, 1.82) is 0 Å². The summed E-state index contributed by atoms with van der Waals surface area (Å²) in [5.41, 5.74) is 0. The Morgan fingerprint density at radius 1 is 1.59 bits per heavy atom. The summed E-state index contributed by atoms with van der Waals surface area (Å²) in [4.78, 5) is 15.4. The number of hydrogen-bond acceptors (Lipinski definition) is 7. The standard InChI is InChI=1S/C8H17N3O6/c1-7(2)17-8(13)15-6-16-9-11(14)10(3)4-5-12/h7,12H,4-6H2,1-3H3/b11-9-. The molecule has 100 valence electrons. The molecule has 0 rings (SSSR count). The maximum Gasteiger partial charge on any atom is 0.511 e. The second-order valence-electron chi connectivity index (χ2n) is 3.25. The maximum atomic E-state index is 11.0. The van der Waals surface area contributed by atoms with E-state index in [1.165, 1.54) is 7.05 Å². The van der Waals surface area contributed by atoms with Gasteiger partial charge >= 0.3 is 6.16 Å². The molecule has 0 atom stereocenters. The minimum absolute atomic E-state index is 0.104. The maximum absolute atomic E-state index is 11.0. The summed E-state index contributed by atoms with van der Waals surface area (Å²) in [5, 5.41) is 23.7. The fourth-order valence-corrected chi connectivity index (χ4v) is 0.666. The Hall–Kier alpha value is -1.77. The molecule has 0 aliphatic heterocycles. The van der Waals surface area contributed by atoms with E-state index < -0.39 is 12.9 Å². The summed E-state index contributed by atoms with van der Waals surface area (Å²) in [6, 6.07) is 0. The van der Waals surface area contributed by atoms with Crippen LogP contribution in [-0.4, -0.2) is 54.3 Å². The van der Waals surface area contributed by atoms with Crippen molar-refractivity contribution in [2.75, 3.05) is 27.0 Å². The number of hydrazine groups is 1. The fourth-order valence-electron chi connectivity index (χ4n) is 0.666. The Morgan fingerprint density at radius 3 is 2.76 bits per heavy atom. The highest BCUT2D eigenvalue weighted by Gasteiger charge is 2.08. The molecule has 17 heavy (non-hydrogen) atoms. The van der Waals surface area contributed by atoms with E-state index in [-0.39, 0.29) is 24.2 Å². The van der Waals surface area contributed by atoms with Gasteiger partial charge in [-0.15, -0.1) is 5.01 Å². The van der Waals surface area contributed by atoms with E-state index >= 15 is 0 Å². The molecule has 1 N–H and O–H groups in total. The molecular weight excluding hydrogens is 234 g/mol. The van der Waals surface area contributed by atoms with E-state index in [1.54, 1.807) is 13.8 Å². The van der Waals surface area contributed by atoms with Crippen molar-refractivity contribution in [2.45, 2.75) is 20.0 Å². The van der Waals surface area contributed by atoms with Crippen molar-refractivity contribution >= 4 is 6.16 Å². The summed E-state index contributed by atoms with van der Waals surface area (Å²) in [7, 11) is 1.41. The molecule has 0 bridgehead atoms. The molecule has 0 fully saturated rings. The van der Waals surface area contributed by atoms with Gasteiger partial charge in [-0.2, -0.15) is 0 Å². The molecule has 0 aliphatic carbocycles. The Labute approximate surface area is 98.7 Å². The first-order valence-electron chi connectivity index (χ1n) is 4.92. The van der Waals surface area contributed by atoms with E-state index in [2.05, 4.69) is 19.6 Å².